The third-order valence-electron chi connectivity index (χ3n) is 3.20. The Hall–Kier alpha value is -1.39. The first-order chi connectivity index (χ1) is 7.66. The summed E-state index contributed by atoms with van der Waals surface area (Å²) in [6, 6.07) is 0.289. The highest BCUT2D eigenvalue weighted by atomic mass is 19.1. The van der Waals surface area contributed by atoms with Crippen LogP contribution < -0.4 is 11.1 Å². The lowest BCUT2D eigenvalue weighted by atomic mass is 9.86. The van der Waals surface area contributed by atoms with Crippen LogP contribution in [-0.2, 0) is 0 Å². The van der Waals surface area contributed by atoms with E-state index in [1.807, 2.05) is 0 Å². The largest absolute Gasteiger partial charge is 0.368 e. The predicted octanol–water partition coefficient (Wildman–Crippen LogP) is 2.19. The van der Waals surface area contributed by atoms with Crippen LogP contribution in [0.15, 0.2) is 6.20 Å². The standard InChI is InChI=1S/C11H17FN4/c1-7-4-2-3-5-9(7)15-10-8(12)6-14-11(13)16-10/h6-7,9H,2-5H2,1H3,(H3,13,14,15,16). The molecule has 0 bridgehead atoms. The van der Waals surface area contributed by atoms with Crippen molar-refractivity contribution < 1.29 is 4.39 Å². The van der Waals surface area contributed by atoms with Gasteiger partial charge in [0, 0.05) is 6.04 Å². The van der Waals surface area contributed by atoms with E-state index >= 15 is 0 Å². The number of hydrogen-bond donors (Lipinski definition) is 2. The summed E-state index contributed by atoms with van der Waals surface area (Å²) in [4.78, 5) is 7.48. The lowest BCUT2D eigenvalue weighted by molar-refractivity contribution is 0.348. The van der Waals surface area contributed by atoms with E-state index in [4.69, 9.17) is 5.73 Å². The average molecular weight is 224 g/mol. The quantitative estimate of drug-likeness (QED) is 0.808. The molecule has 1 saturated carbocycles. The van der Waals surface area contributed by atoms with Crippen LogP contribution in [0.3, 0.4) is 0 Å². The van der Waals surface area contributed by atoms with Gasteiger partial charge in [-0.3, -0.25) is 0 Å². The number of hydrogen-bond acceptors (Lipinski definition) is 4. The smallest absolute Gasteiger partial charge is 0.222 e. The van der Waals surface area contributed by atoms with Crippen molar-refractivity contribution in [2.24, 2.45) is 5.92 Å². The number of nitrogens with one attached hydrogen (secondary N) is 1. The summed E-state index contributed by atoms with van der Waals surface area (Å²) in [5.74, 6) is 0.440. The molecule has 2 unspecified atom stereocenters. The molecule has 0 spiro atoms. The molecule has 0 aliphatic heterocycles. The van der Waals surface area contributed by atoms with Crippen LogP contribution in [-0.4, -0.2) is 16.0 Å². The molecule has 1 aliphatic carbocycles. The monoisotopic (exact) mass is 224 g/mol. The van der Waals surface area contributed by atoms with Crippen molar-refractivity contribution in [1.82, 2.24) is 9.97 Å². The molecule has 3 N–H and O–H groups in total. The molecule has 2 atom stereocenters. The summed E-state index contributed by atoms with van der Waals surface area (Å²) >= 11 is 0. The molecule has 5 heteroatoms. The van der Waals surface area contributed by atoms with Crippen molar-refractivity contribution >= 4 is 11.8 Å². The van der Waals surface area contributed by atoms with Crippen LogP contribution in [0.5, 0.6) is 0 Å². The molecule has 1 aromatic rings. The van der Waals surface area contributed by atoms with Crippen molar-refractivity contribution in [3.8, 4) is 0 Å². The van der Waals surface area contributed by atoms with E-state index in [0.29, 0.717) is 5.92 Å². The Bertz CT molecular complexity index is 369. The van der Waals surface area contributed by atoms with Gasteiger partial charge in [0.2, 0.25) is 5.95 Å². The maximum Gasteiger partial charge on any atom is 0.222 e. The lowest BCUT2D eigenvalue weighted by Crippen LogP contribution is -2.31. The number of halogens is 1. The van der Waals surface area contributed by atoms with Crippen molar-refractivity contribution in [2.45, 2.75) is 38.6 Å². The van der Waals surface area contributed by atoms with Gasteiger partial charge in [0.15, 0.2) is 11.6 Å². The van der Waals surface area contributed by atoms with Gasteiger partial charge in [-0.2, -0.15) is 4.98 Å². The molecule has 1 aliphatic rings. The summed E-state index contributed by atoms with van der Waals surface area (Å²) in [7, 11) is 0. The second-order valence-corrected chi connectivity index (χ2v) is 4.44. The molecular formula is C11H17FN4. The minimum Gasteiger partial charge on any atom is -0.368 e. The Morgan fingerprint density at radius 3 is 2.94 bits per heavy atom. The third-order valence-corrected chi connectivity index (χ3v) is 3.20. The van der Waals surface area contributed by atoms with Crippen LogP contribution in [0, 0.1) is 11.7 Å². The van der Waals surface area contributed by atoms with Crippen molar-refractivity contribution in [3.63, 3.8) is 0 Å². The van der Waals surface area contributed by atoms with Gasteiger partial charge < -0.3 is 11.1 Å². The normalized spacial score (nSPS) is 25.4. The average Bonchev–Trinajstić information content (AvgIpc) is 2.27. The highest BCUT2D eigenvalue weighted by Gasteiger charge is 2.22. The van der Waals surface area contributed by atoms with Crippen molar-refractivity contribution in [2.75, 3.05) is 11.1 Å². The summed E-state index contributed by atoms with van der Waals surface area (Å²) in [6.45, 7) is 2.18. The predicted molar refractivity (Wildman–Crippen MR) is 61.4 cm³/mol. The molecular weight excluding hydrogens is 207 g/mol. The van der Waals surface area contributed by atoms with Gasteiger partial charge in [0.25, 0.3) is 0 Å². The first-order valence-electron chi connectivity index (χ1n) is 5.71. The van der Waals surface area contributed by atoms with Crippen LogP contribution in [0.25, 0.3) is 0 Å². The number of nitrogens with two attached hydrogens (primary N) is 1. The number of nitrogen functional groups attached to an aromatic ring is 1. The summed E-state index contributed by atoms with van der Waals surface area (Å²) < 4.78 is 13.4. The van der Waals surface area contributed by atoms with E-state index in [1.165, 1.54) is 19.3 Å². The molecule has 0 amide bonds. The summed E-state index contributed by atoms with van der Waals surface area (Å²) in [6.07, 6.45) is 5.79. The molecule has 0 saturated heterocycles. The van der Waals surface area contributed by atoms with Gasteiger partial charge >= 0.3 is 0 Å². The van der Waals surface area contributed by atoms with Gasteiger partial charge in [0.1, 0.15) is 0 Å². The highest BCUT2D eigenvalue weighted by Crippen LogP contribution is 2.26. The highest BCUT2D eigenvalue weighted by molar-refractivity contribution is 5.40. The Morgan fingerprint density at radius 1 is 1.44 bits per heavy atom. The summed E-state index contributed by atoms with van der Waals surface area (Å²) in [5.41, 5.74) is 5.44. The third kappa shape index (κ3) is 2.40. The molecule has 4 nitrogen and oxygen atoms in total. The fraction of sp³-hybridized carbons (Fsp3) is 0.636. The molecule has 0 aromatic carbocycles. The minimum absolute atomic E-state index is 0.104. The van der Waals surface area contributed by atoms with E-state index in [1.54, 1.807) is 0 Å². The maximum atomic E-state index is 13.4. The SMILES string of the molecule is CC1CCCCC1Nc1nc(N)ncc1F. The topological polar surface area (TPSA) is 63.8 Å². The lowest BCUT2D eigenvalue weighted by Gasteiger charge is -2.29. The number of aromatic nitrogens is 2. The maximum absolute atomic E-state index is 13.4. The molecule has 2 rings (SSSR count). The van der Waals surface area contributed by atoms with E-state index in [9.17, 15) is 4.39 Å². The van der Waals surface area contributed by atoms with Gasteiger partial charge in [-0.25, -0.2) is 9.37 Å². The number of nitrogens with zero attached hydrogens (tertiary/aromatic N) is 2. The Labute approximate surface area is 94.5 Å². The van der Waals surface area contributed by atoms with Crippen molar-refractivity contribution in [3.05, 3.63) is 12.0 Å². The van der Waals surface area contributed by atoms with Crippen LogP contribution in [0.1, 0.15) is 32.6 Å². The van der Waals surface area contributed by atoms with E-state index in [0.717, 1.165) is 12.6 Å². The first-order valence-corrected chi connectivity index (χ1v) is 5.71. The zero-order valence-corrected chi connectivity index (χ0v) is 9.41. The first kappa shape index (κ1) is 11.1. The minimum atomic E-state index is -0.438. The van der Waals surface area contributed by atoms with Crippen LogP contribution in [0.2, 0.25) is 0 Å². The molecule has 16 heavy (non-hydrogen) atoms. The van der Waals surface area contributed by atoms with Gasteiger partial charge in [-0.15, -0.1) is 0 Å². The summed E-state index contributed by atoms with van der Waals surface area (Å²) in [5, 5.41) is 3.13. The molecule has 1 aromatic heterocycles. The van der Waals surface area contributed by atoms with Gasteiger partial charge in [-0.1, -0.05) is 19.8 Å². The van der Waals surface area contributed by atoms with E-state index in [2.05, 4.69) is 22.2 Å². The second-order valence-electron chi connectivity index (χ2n) is 4.44. The Morgan fingerprint density at radius 2 is 2.19 bits per heavy atom. The number of anilines is 2. The second kappa shape index (κ2) is 4.63. The zero-order valence-electron chi connectivity index (χ0n) is 9.41. The van der Waals surface area contributed by atoms with E-state index < -0.39 is 5.82 Å². The Balaban J connectivity index is 2.10. The van der Waals surface area contributed by atoms with E-state index in [-0.39, 0.29) is 17.8 Å². The fourth-order valence-electron chi connectivity index (χ4n) is 2.19. The zero-order chi connectivity index (χ0) is 11.5. The molecule has 0 radical (unpaired) electrons. The van der Waals surface area contributed by atoms with Gasteiger partial charge in [0.05, 0.1) is 6.20 Å². The molecule has 88 valence electrons. The molecule has 1 heterocycles. The Kier molecular flexibility index (Phi) is 3.22. The number of rotatable bonds is 2. The van der Waals surface area contributed by atoms with Crippen LogP contribution >= 0.6 is 0 Å². The van der Waals surface area contributed by atoms with Crippen molar-refractivity contribution in [1.29, 1.82) is 0 Å². The molecule has 1 fully saturated rings. The fourth-order valence-corrected chi connectivity index (χ4v) is 2.19. The van der Waals surface area contributed by atoms with Crippen LogP contribution in [0.4, 0.5) is 16.2 Å². The van der Waals surface area contributed by atoms with Gasteiger partial charge in [-0.05, 0) is 18.8 Å².